The summed E-state index contributed by atoms with van der Waals surface area (Å²) >= 11 is 1.50. The van der Waals surface area contributed by atoms with Gasteiger partial charge in [-0.1, -0.05) is 23.5 Å². The van der Waals surface area contributed by atoms with Crippen LogP contribution in [-0.2, 0) is 0 Å². The molecule has 0 aliphatic carbocycles. The largest absolute Gasteiger partial charge is 0.217 e. The zero-order valence-electron chi connectivity index (χ0n) is 8.16. The highest BCUT2D eigenvalue weighted by molar-refractivity contribution is 7.14. The molecule has 4 nitrogen and oxygen atoms in total. The number of benzene rings is 1. The maximum Gasteiger partial charge on any atom is 0.212 e. The van der Waals surface area contributed by atoms with Gasteiger partial charge in [0.15, 0.2) is 0 Å². The van der Waals surface area contributed by atoms with Crippen molar-refractivity contribution in [1.29, 1.82) is 5.26 Å². The van der Waals surface area contributed by atoms with E-state index in [9.17, 15) is 0 Å². The van der Waals surface area contributed by atoms with Crippen molar-refractivity contribution in [2.45, 2.75) is 0 Å². The van der Waals surface area contributed by atoms with Crippen LogP contribution in [-0.4, -0.2) is 14.6 Å². The van der Waals surface area contributed by atoms with Gasteiger partial charge in [0.1, 0.15) is 5.51 Å². The lowest BCUT2D eigenvalue weighted by atomic mass is 10.1. The summed E-state index contributed by atoms with van der Waals surface area (Å²) in [7, 11) is 0. The molecule has 76 valence electrons. The summed E-state index contributed by atoms with van der Waals surface area (Å²) in [5, 5.41) is 12.8. The minimum absolute atomic E-state index is 0.655. The maximum atomic E-state index is 8.70. The summed E-state index contributed by atoms with van der Waals surface area (Å²) in [6, 6.07) is 9.45. The van der Waals surface area contributed by atoms with Gasteiger partial charge in [-0.15, -0.1) is 0 Å². The Morgan fingerprint density at radius 3 is 2.75 bits per heavy atom. The standard InChI is InChI=1S/C11H6N4S/c12-5-8-1-3-9(4-2-8)10-6-15-11(14-10)16-7-13-15/h1-4,6-7H. The molecule has 0 unspecified atom stereocenters. The van der Waals surface area contributed by atoms with Gasteiger partial charge < -0.3 is 0 Å². The minimum Gasteiger partial charge on any atom is -0.217 e. The molecule has 3 rings (SSSR count). The van der Waals surface area contributed by atoms with Gasteiger partial charge >= 0.3 is 0 Å². The molecule has 3 aromatic rings. The molecule has 0 aliphatic heterocycles. The third kappa shape index (κ3) is 1.36. The summed E-state index contributed by atoms with van der Waals surface area (Å²) in [5.41, 5.74) is 4.29. The SMILES string of the molecule is N#Cc1ccc(-c2cn3ncsc3n2)cc1. The van der Waals surface area contributed by atoms with Crippen molar-refractivity contribution < 1.29 is 0 Å². The molecular formula is C11H6N4S. The quantitative estimate of drug-likeness (QED) is 0.640. The van der Waals surface area contributed by atoms with Gasteiger partial charge in [-0.2, -0.15) is 10.4 Å². The van der Waals surface area contributed by atoms with Crippen LogP contribution in [0.4, 0.5) is 0 Å². The molecule has 0 saturated carbocycles. The second kappa shape index (κ2) is 3.43. The normalized spacial score (nSPS) is 10.4. The van der Waals surface area contributed by atoms with Crippen molar-refractivity contribution in [3.63, 3.8) is 0 Å². The van der Waals surface area contributed by atoms with Gasteiger partial charge in [0.25, 0.3) is 0 Å². The van der Waals surface area contributed by atoms with E-state index in [0.717, 1.165) is 16.2 Å². The Morgan fingerprint density at radius 2 is 2.06 bits per heavy atom. The Labute approximate surface area is 95.4 Å². The second-order valence-corrected chi connectivity index (χ2v) is 4.09. The molecule has 0 aliphatic rings. The van der Waals surface area contributed by atoms with Gasteiger partial charge in [-0.05, 0) is 12.1 Å². The fourth-order valence-electron chi connectivity index (χ4n) is 1.49. The lowest BCUT2D eigenvalue weighted by molar-refractivity contribution is 0.974. The van der Waals surface area contributed by atoms with Gasteiger partial charge in [-0.25, -0.2) is 9.50 Å². The molecule has 16 heavy (non-hydrogen) atoms. The highest BCUT2D eigenvalue weighted by Gasteiger charge is 2.05. The molecule has 2 heterocycles. The number of nitriles is 1. The molecule has 5 heteroatoms. The van der Waals surface area contributed by atoms with E-state index in [4.69, 9.17) is 5.26 Å². The van der Waals surface area contributed by atoms with Crippen LogP contribution in [0.15, 0.2) is 36.0 Å². The molecule has 0 spiro atoms. The molecule has 0 N–H and O–H groups in total. The number of imidazole rings is 1. The Kier molecular flexibility index (Phi) is 1.95. The van der Waals surface area contributed by atoms with Gasteiger partial charge in [0.05, 0.1) is 23.5 Å². The molecule has 0 fully saturated rings. The number of rotatable bonds is 1. The zero-order valence-corrected chi connectivity index (χ0v) is 8.98. The fraction of sp³-hybridized carbons (Fsp3) is 0. The predicted molar refractivity (Wildman–Crippen MR) is 61.0 cm³/mol. The lowest BCUT2D eigenvalue weighted by Gasteiger charge is -1.94. The molecule has 0 amide bonds. The molecule has 2 aromatic heterocycles. The van der Waals surface area contributed by atoms with E-state index in [1.807, 2.05) is 18.3 Å². The lowest BCUT2D eigenvalue weighted by Crippen LogP contribution is -1.79. The van der Waals surface area contributed by atoms with E-state index in [0.29, 0.717) is 5.56 Å². The van der Waals surface area contributed by atoms with E-state index in [-0.39, 0.29) is 0 Å². The average molecular weight is 226 g/mol. The van der Waals surface area contributed by atoms with Crippen LogP contribution in [0.25, 0.3) is 16.2 Å². The Morgan fingerprint density at radius 1 is 1.25 bits per heavy atom. The molecule has 0 radical (unpaired) electrons. The first-order valence-electron chi connectivity index (χ1n) is 4.66. The Bertz CT molecular complexity index is 643. The van der Waals surface area contributed by atoms with Gasteiger partial charge in [-0.3, -0.25) is 0 Å². The second-order valence-electron chi connectivity index (χ2n) is 3.28. The third-order valence-corrected chi connectivity index (χ3v) is 2.98. The van der Waals surface area contributed by atoms with Crippen molar-refractivity contribution in [2.75, 3.05) is 0 Å². The Hall–Kier alpha value is -2.19. The van der Waals surface area contributed by atoms with Crippen molar-refractivity contribution >= 4 is 16.3 Å². The van der Waals surface area contributed by atoms with E-state index in [1.54, 1.807) is 22.2 Å². The molecular weight excluding hydrogens is 220 g/mol. The number of nitrogens with zero attached hydrogens (tertiary/aromatic N) is 4. The van der Waals surface area contributed by atoms with E-state index in [1.165, 1.54) is 11.3 Å². The maximum absolute atomic E-state index is 8.70. The minimum atomic E-state index is 0.655. The van der Waals surface area contributed by atoms with Crippen LogP contribution in [0.1, 0.15) is 5.56 Å². The topological polar surface area (TPSA) is 54.0 Å². The molecule has 1 aromatic carbocycles. The monoisotopic (exact) mass is 226 g/mol. The van der Waals surface area contributed by atoms with Crippen LogP contribution in [0.2, 0.25) is 0 Å². The van der Waals surface area contributed by atoms with Crippen LogP contribution >= 0.6 is 11.3 Å². The van der Waals surface area contributed by atoms with Crippen molar-refractivity contribution in [1.82, 2.24) is 14.6 Å². The van der Waals surface area contributed by atoms with E-state index in [2.05, 4.69) is 16.2 Å². The third-order valence-electron chi connectivity index (χ3n) is 2.30. The first kappa shape index (κ1) is 9.07. The zero-order chi connectivity index (χ0) is 11.0. The van der Waals surface area contributed by atoms with Gasteiger partial charge in [0.2, 0.25) is 4.96 Å². The van der Waals surface area contributed by atoms with Crippen LogP contribution in [0.3, 0.4) is 0 Å². The summed E-state index contributed by atoms with van der Waals surface area (Å²) < 4.78 is 1.75. The van der Waals surface area contributed by atoms with Crippen molar-refractivity contribution in [2.24, 2.45) is 0 Å². The molecule has 0 bridgehead atoms. The van der Waals surface area contributed by atoms with Crippen LogP contribution in [0.5, 0.6) is 0 Å². The number of hydrogen-bond donors (Lipinski definition) is 0. The van der Waals surface area contributed by atoms with E-state index < -0.39 is 0 Å². The molecule has 0 saturated heterocycles. The predicted octanol–water partition coefficient (Wildman–Crippen LogP) is 2.33. The molecule has 0 atom stereocenters. The Balaban J connectivity index is 2.09. The fourth-order valence-corrected chi connectivity index (χ4v) is 2.10. The van der Waals surface area contributed by atoms with Crippen LogP contribution < -0.4 is 0 Å². The van der Waals surface area contributed by atoms with Crippen molar-refractivity contribution in [3.8, 4) is 17.3 Å². The summed E-state index contributed by atoms with van der Waals surface area (Å²) in [6.45, 7) is 0. The number of fused-ring (bicyclic) bond motifs is 1. The highest BCUT2D eigenvalue weighted by Crippen LogP contribution is 2.20. The number of aromatic nitrogens is 3. The summed E-state index contributed by atoms with van der Waals surface area (Å²) in [6.07, 6.45) is 1.88. The summed E-state index contributed by atoms with van der Waals surface area (Å²) in [4.78, 5) is 5.31. The first-order chi connectivity index (χ1) is 7.86. The number of hydrogen-bond acceptors (Lipinski definition) is 4. The summed E-state index contributed by atoms with van der Waals surface area (Å²) in [5.74, 6) is 0. The van der Waals surface area contributed by atoms with E-state index >= 15 is 0 Å². The first-order valence-corrected chi connectivity index (χ1v) is 5.54. The van der Waals surface area contributed by atoms with Gasteiger partial charge in [0, 0.05) is 5.56 Å². The van der Waals surface area contributed by atoms with Crippen molar-refractivity contribution in [3.05, 3.63) is 41.5 Å². The smallest absolute Gasteiger partial charge is 0.212 e. The average Bonchev–Trinajstić information content (AvgIpc) is 2.89. The van der Waals surface area contributed by atoms with Crippen LogP contribution in [0, 0.1) is 11.3 Å². The highest BCUT2D eigenvalue weighted by atomic mass is 32.1.